The third-order valence-corrected chi connectivity index (χ3v) is 5.05. The van der Waals surface area contributed by atoms with Crippen molar-refractivity contribution in [2.24, 2.45) is 11.0 Å². The van der Waals surface area contributed by atoms with E-state index in [1.54, 1.807) is 53.2 Å². The molecule has 9 nitrogen and oxygen atoms in total. The second-order valence-electron chi connectivity index (χ2n) is 7.52. The van der Waals surface area contributed by atoms with Crippen LogP contribution >= 0.6 is 11.6 Å². The van der Waals surface area contributed by atoms with Crippen LogP contribution in [-0.2, 0) is 4.79 Å². The van der Waals surface area contributed by atoms with Crippen molar-refractivity contribution in [3.63, 3.8) is 0 Å². The molecule has 0 bridgehead atoms. The molecule has 0 spiro atoms. The van der Waals surface area contributed by atoms with Gasteiger partial charge in [-0.15, -0.1) is 0 Å². The van der Waals surface area contributed by atoms with Crippen molar-refractivity contribution in [3.05, 3.63) is 93.3 Å². The van der Waals surface area contributed by atoms with Crippen LogP contribution in [0.5, 0.6) is 0 Å². The van der Waals surface area contributed by atoms with E-state index < -0.39 is 22.8 Å². The predicted octanol–water partition coefficient (Wildman–Crippen LogP) is 3.94. The lowest BCUT2D eigenvalue weighted by molar-refractivity contribution is -0.384. The number of non-ortho nitro benzene ring substituents is 1. The smallest absolute Gasteiger partial charge is 0.269 e. The van der Waals surface area contributed by atoms with Gasteiger partial charge in [-0.3, -0.25) is 19.7 Å². The van der Waals surface area contributed by atoms with E-state index in [4.69, 9.17) is 11.6 Å². The van der Waals surface area contributed by atoms with Crippen LogP contribution in [0.15, 0.2) is 72.0 Å². The van der Waals surface area contributed by atoms with E-state index in [2.05, 4.69) is 15.8 Å². The number of halogens is 1. The lowest BCUT2D eigenvalue weighted by atomic mass is 10.0. The Balaban J connectivity index is 1.67. The monoisotopic (exact) mass is 467 g/mol. The highest BCUT2D eigenvalue weighted by Gasteiger charge is 2.24. The summed E-state index contributed by atoms with van der Waals surface area (Å²) < 4.78 is 1.76. The van der Waals surface area contributed by atoms with E-state index in [1.807, 2.05) is 13.8 Å². The number of nitro groups is 1. The first-order valence-corrected chi connectivity index (χ1v) is 10.5. The van der Waals surface area contributed by atoms with Gasteiger partial charge in [0.1, 0.15) is 6.04 Å². The van der Waals surface area contributed by atoms with Crippen LogP contribution in [-0.4, -0.2) is 33.6 Å². The molecule has 0 aliphatic rings. The number of benzene rings is 2. The number of hydrazone groups is 1. The summed E-state index contributed by atoms with van der Waals surface area (Å²) in [5.74, 6) is -1.07. The van der Waals surface area contributed by atoms with Gasteiger partial charge in [0.15, 0.2) is 0 Å². The number of nitro benzene ring substituents is 1. The number of hydrogen-bond acceptors (Lipinski definition) is 5. The van der Waals surface area contributed by atoms with Gasteiger partial charge in [-0.05, 0) is 48.4 Å². The maximum atomic E-state index is 12.7. The van der Waals surface area contributed by atoms with Gasteiger partial charge >= 0.3 is 0 Å². The van der Waals surface area contributed by atoms with Crippen molar-refractivity contribution in [2.75, 3.05) is 0 Å². The molecule has 3 aromatic rings. The van der Waals surface area contributed by atoms with Gasteiger partial charge in [-0.1, -0.05) is 31.5 Å². The quantitative estimate of drug-likeness (QED) is 0.296. The van der Waals surface area contributed by atoms with Crippen LogP contribution in [0.2, 0.25) is 5.02 Å². The van der Waals surface area contributed by atoms with E-state index in [0.717, 1.165) is 0 Å². The minimum Gasteiger partial charge on any atom is -0.340 e. The van der Waals surface area contributed by atoms with E-state index >= 15 is 0 Å². The van der Waals surface area contributed by atoms with Gasteiger partial charge in [0.05, 0.1) is 16.8 Å². The number of hydrogen-bond donors (Lipinski definition) is 2. The predicted molar refractivity (Wildman–Crippen MR) is 126 cm³/mol. The highest BCUT2D eigenvalue weighted by atomic mass is 35.5. The average Bonchev–Trinajstić information content (AvgIpc) is 3.25. The highest BCUT2D eigenvalue weighted by molar-refractivity contribution is 6.31. The number of amides is 2. The van der Waals surface area contributed by atoms with E-state index in [-0.39, 0.29) is 11.6 Å². The number of carbonyl (C=O) groups is 2. The highest BCUT2D eigenvalue weighted by Crippen LogP contribution is 2.17. The minimum atomic E-state index is -0.810. The van der Waals surface area contributed by atoms with Gasteiger partial charge in [0.25, 0.3) is 17.5 Å². The van der Waals surface area contributed by atoms with Crippen molar-refractivity contribution in [1.82, 2.24) is 15.3 Å². The van der Waals surface area contributed by atoms with Crippen LogP contribution in [0.25, 0.3) is 5.69 Å². The zero-order chi connectivity index (χ0) is 24.0. The second-order valence-corrected chi connectivity index (χ2v) is 7.95. The van der Waals surface area contributed by atoms with E-state index in [1.165, 1.54) is 24.4 Å². The molecule has 170 valence electrons. The molecule has 2 amide bonds. The Labute approximate surface area is 195 Å². The van der Waals surface area contributed by atoms with Crippen LogP contribution < -0.4 is 10.7 Å². The third-order valence-electron chi connectivity index (χ3n) is 4.81. The summed E-state index contributed by atoms with van der Waals surface area (Å²) in [5, 5.41) is 18.0. The van der Waals surface area contributed by atoms with Crippen LogP contribution in [0.3, 0.4) is 0 Å². The summed E-state index contributed by atoms with van der Waals surface area (Å²) in [6.07, 6.45) is 3.22. The molecular formula is C23H22ClN5O4. The molecule has 2 aromatic carbocycles. The number of nitrogens with one attached hydrogen (secondary N) is 2. The summed E-state index contributed by atoms with van der Waals surface area (Å²) in [5.41, 5.74) is 4.15. The molecule has 1 atom stereocenters. The molecule has 0 fully saturated rings. The van der Waals surface area contributed by atoms with Crippen molar-refractivity contribution in [3.8, 4) is 5.69 Å². The molecule has 1 aromatic heterocycles. The third kappa shape index (κ3) is 6.05. The Kier molecular flexibility index (Phi) is 7.57. The molecule has 1 heterocycles. The molecule has 0 radical (unpaired) electrons. The Morgan fingerprint density at radius 1 is 1.12 bits per heavy atom. The summed E-state index contributed by atoms with van der Waals surface area (Å²) in [4.78, 5) is 35.6. The van der Waals surface area contributed by atoms with E-state index in [0.29, 0.717) is 22.0 Å². The first kappa shape index (κ1) is 23.7. The first-order valence-electron chi connectivity index (χ1n) is 10.1. The van der Waals surface area contributed by atoms with Crippen molar-refractivity contribution in [2.45, 2.75) is 19.9 Å². The van der Waals surface area contributed by atoms with Crippen LogP contribution in [0.4, 0.5) is 5.69 Å². The molecule has 0 aliphatic heterocycles. The summed E-state index contributed by atoms with van der Waals surface area (Å²) in [6.45, 7) is 3.62. The van der Waals surface area contributed by atoms with Gasteiger partial charge < -0.3 is 9.88 Å². The summed E-state index contributed by atoms with van der Waals surface area (Å²) >= 11 is 5.94. The summed E-state index contributed by atoms with van der Waals surface area (Å²) in [7, 11) is 0. The molecule has 10 heteroatoms. The van der Waals surface area contributed by atoms with Crippen LogP contribution in [0.1, 0.15) is 29.9 Å². The molecule has 0 saturated heterocycles. The zero-order valence-electron chi connectivity index (χ0n) is 17.9. The fraction of sp³-hybridized carbons (Fsp3) is 0.174. The van der Waals surface area contributed by atoms with Crippen LogP contribution in [0, 0.1) is 16.0 Å². The lowest BCUT2D eigenvalue weighted by Crippen LogP contribution is -2.48. The second kappa shape index (κ2) is 10.6. The number of nitrogens with zero attached hydrogens (tertiary/aromatic N) is 3. The summed E-state index contributed by atoms with van der Waals surface area (Å²) in [6, 6.07) is 15.3. The van der Waals surface area contributed by atoms with Crippen molar-refractivity contribution < 1.29 is 14.5 Å². The van der Waals surface area contributed by atoms with Crippen molar-refractivity contribution >= 4 is 35.3 Å². The topological polar surface area (TPSA) is 119 Å². The molecule has 0 aliphatic carbocycles. The first-order chi connectivity index (χ1) is 15.8. The minimum absolute atomic E-state index is 0.00654. The Hall–Kier alpha value is -3.98. The fourth-order valence-corrected chi connectivity index (χ4v) is 3.28. The molecule has 33 heavy (non-hydrogen) atoms. The van der Waals surface area contributed by atoms with Gasteiger partial charge in [-0.2, -0.15) is 5.10 Å². The molecule has 1 unspecified atom stereocenters. The van der Waals surface area contributed by atoms with Gasteiger partial charge in [0.2, 0.25) is 0 Å². The fourth-order valence-electron chi connectivity index (χ4n) is 3.09. The normalized spacial score (nSPS) is 12.0. The maximum Gasteiger partial charge on any atom is 0.269 e. The Morgan fingerprint density at radius 2 is 1.85 bits per heavy atom. The average molecular weight is 468 g/mol. The molecule has 2 N–H and O–H groups in total. The zero-order valence-corrected chi connectivity index (χ0v) is 18.7. The maximum absolute atomic E-state index is 12.7. The molecule has 3 rings (SSSR count). The number of carbonyl (C=O) groups excluding carboxylic acids is 2. The van der Waals surface area contributed by atoms with E-state index in [9.17, 15) is 19.7 Å². The molecule has 0 saturated carbocycles. The van der Waals surface area contributed by atoms with Crippen molar-refractivity contribution in [1.29, 1.82) is 0 Å². The van der Waals surface area contributed by atoms with Gasteiger partial charge in [0, 0.05) is 34.6 Å². The largest absolute Gasteiger partial charge is 0.340 e. The number of rotatable bonds is 8. The number of aromatic nitrogens is 1. The molecular weight excluding hydrogens is 446 g/mol. The lowest BCUT2D eigenvalue weighted by Gasteiger charge is -2.20. The van der Waals surface area contributed by atoms with Gasteiger partial charge in [-0.25, -0.2) is 5.43 Å². The standard InChI is InChI=1S/C23H22ClN5O4/c1-15(2)21(26-22(30)16-5-3-6-17(24)13-16)23(31)27-25-14-20-7-4-12-28(20)18-8-10-19(11-9-18)29(32)33/h3-15,21H,1-2H3,(H,26,30)(H,27,31). The SMILES string of the molecule is CC(C)C(NC(=O)c1cccc(Cl)c1)C(=O)NN=Cc1cccn1-c1ccc([N+](=O)[O-])cc1. The Morgan fingerprint density at radius 3 is 2.48 bits per heavy atom. The Bertz CT molecular complexity index is 1190.